The van der Waals surface area contributed by atoms with Gasteiger partial charge in [0.05, 0.1) is 0 Å². The van der Waals surface area contributed by atoms with Crippen molar-refractivity contribution >= 4 is 17.2 Å². The van der Waals surface area contributed by atoms with Crippen molar-refractivity contribution in [3.05, 3.63) is 22.4 Å². The summed E-state index contributed by atoms with van der Waals surface area (Å²) in [7, 11) is 0. The molecule has 0 aliphatic carbocycles. The van der Waals surface area contributed by atoms with Crippen LogP contribution in [0.25, 0.3) is 0 Å². The molecule has 1 fully saturated rings. The van der Waals surface area contributed by atoms with Gasteiger partial charge in [0, 0.05) is 24.6 Å². The van der Waals surface area contributed by atoms with Crippen LogP contribution in [-0.2, 0) is 4.79 Å². The fourth-order valence-electron chi connectivity index (χ4n) is 2.47. The van der Waals surface area contributed by atoms with Gasteiger partial charge in [-0.05, 0) is 36.6 Å². The third-order valence-corrected chi connectivity index (χ3v) is 4.44. The lowest BCUT2D eigenvalue weighted by Gasteiger charge is -2.34. The third kappa shape index (κ3) is 3.10. The Bertz CT molecular complexity index is 378. The number of thiophene rings is 1. The first-order valence-corrected chi connectivity index (χ1v) is 7.29. The Morgan fingerprint density at radius 2 is 2.50 bits per heavy atom. The zero-order chi connectivity index (χ0) is 13.0. The van der Waals surface area contributed by atoms with Crippen LogP contribution >= 0.6 is 11.3 Å². The van der Waals surface area contributed by atoms with Crippen LogP contribution in [0.5, 0.6) is 0 Å². The molecule has 2 unspecified atom stereocenters. The van der Waals surface area contributed by atoms with Crippen LogP contribution in [0, 0.1) is 5.92 Å². The molecule has 5 heteroatoms. The van der Waals surface area contributed by atoms with E-state index in [0.29, 0.717) is 5.92 Å². The molecule has 0 bridgehead atoms. The molecule has 1 aromatic heterocycles. The van der Waals surface area contributed by atoms with E-state index in [-0.39, 0.29) is 12.5 Å². The maximum Gasteiger partial charge on any atom is 0.244 e. The molecule has 2 atom stereocenters. The molecule has 1 aliphatic heterocycles. The van der Waals surface area contributed by atoms with Crippen LogP contribution in [-0.4, -0.2) is 35.6 Å². The van der Waals surface area contributed by atoms with Gasteiger partial charge in [-0.2, -0.15) is 0 Å². The highest BCUT2D eigenvalue weighted by atomic mass is 32.1. The lowest BCUT2D eigenvalue weighted by molar-refractivity contribution is -0.134. The second-order valence-electron chi connectivity index (χ2n) is 4.80. The van der Waals surface area contributed by atoms with Crippen molar-refractivity contribution < 1.29 is 9.90 Å². The zero-order valence-corrected chi connectivity index (χ0v) is 11.2. The molecule has 1 aromatic rings. The number of nitrogens with two attached hydrogens (primary N) is 1. The second-order valence-corrected chi connectivity index (χ2v) is 5.78. The molecule has 0 aromatic carbocycles. The average molecular weight is 268 g/mol. The number of nitrogens with zero attached hydrogens (tertiary/aromatic N) is 1. The topological polar surface area (TPSA) is 66.6 Å². The minimum Gasteiger partial charge on any atom is -0.396 e. The maximum absolute atomic E-state index is 12.3. The van der Waals surface area contributed by atoms with Crippen LogP contribution in [0.1, 0.15) is 30.2 Å². The first-order chi connectivity index (χ1) is 8.72. The predicted octanol–water partition coefficient (Wildman–Crippen LogP) is 1.37. The summed E-state index contributed by atoms with van der Waals surface area (Å²) in [6.07, 6.45) is 2.88. The Hall–Kier alpha value is -0.910. The first-order valence-electron chi connectivity index (χ1n) is 6.41. The standard InChI is InChI=1S/C13H20N2O2S/c14-12(11-4-2-8-18-11)13(17)15-6-1-3-10(9-15)5-7-16/h2,4,8,10,12,16H,1,3,5-7,9,14H2. The van der Waals surface area contributed by atoms with Gasteiger partial charge in [0.2, 0.25) is 5.91 Å². The number of aliphatic hydroxyl groups is 1. The van der Waals surface area contributed by atoms with E-state index in [2.05, 4.69) is 0 Å². The molecular formula is C13H20N2O2S. The molecule has 2 rings (SSSR count). The Morgan fingerprint density at radius 1 is 1.67 bits per heavy atom. The summed E-state index contributed by atoms with van der Waals surface area (Å²) >= 11 is 1.52. The highest BCUT2D eigenvalue weighted by molar-refractivity contribution is 7.10. The molecule has 0 saturated carbocycles. The zero-order valence-electron chi connectivity index (χ0n) is 10.4. The minimum atomic E-state index is -0.530. The number of aliphatic hydroxyl groups excluding tert-OH is 1. The number of piperidine rings is 1. The molecule has 2 heterocycles. The molecule has 100 valence electrons. The van der Waals surface area contributed by atoms with Crippen molar-refractivity contribution in [2.24, 2.45) is 11.7 Å². The number of likely N-dealkylation sites (tertiary alicyclic amines) is 1. The number of carbonyl (C=O) groups is 1. The van der Waals surface area contributed by atoms with Gasteiger partial charge in [0.25, 0.3) is 0 Å². The molecule has 0 spiro atoms. The largest absolute Gasteiger partial charge is 0.396 e. The van der Waals surface area contributed by atoms with Crippen molar-refractivity contribution in [3.8, 4) is 0 Å². The molecule has 1 aliphatic rings. The van der Waals surface area contributed by atoms with Crippen LogP contribution in [0.15, 0.2) is 17.5 Å². The van der Waals surface area contributed by atoms with Gasteiger partial charge in [0.1, 0.15) is 6.04 Å². The number of hydrogen-bond donors (Lipinski definition) is 2. The van der Waals surface area contributed by atoms with E-state index in [1.165, 1.54) is 11.3 Å². The van der Waals surface area contributed by atoms with Gasteiger partial charge in [-0.3, -0.25) is 4.79 Å². The van der Waals surface area contributed by atoms with Crippen molar-refractivity contribution in [3.63, 3.8) is 0 Å². The SMILES string of the molecule is NC(C(=O)N1CCCC(CCO)C1)c1cccs1. The maximum atomic E-state index is 12.3. The third-order valence-electron chi connectivity index (χ3n) is 3.48. The summed E-state index contributed by atoms with van der Waals surface area (Å²) in [5, 5.41) is 10.9. The Balaban J connectivity index is 1.96. The van der Waals surface area contributed by atoms with Crippen LogP contribution in [0.3, 0.4) is 0 Å². The Morgan fingerprint density at radius 3 is 3.17 bits per heavy atom. The summed E-state index contributed by atoms with van der Waals surface area (Å²) in [6, 6.07) is 3.29. The van der Waals surface area contributed by atoms with E-state index in [4.69, 9.17) is 10.8 Å². The van der Waals surface area contributed by atoms with E-state index in [0.717, 1.165) is 37.2 Å². The van der Waals surface area contributed by atoms with Crippen LogP contribution < -0.4 is 5.73 Å². The van der Waals surface area contributed by atoms with E-state index in [1.807, 2.05) is 22.4 Å². The molecule has 1 saturated heterocycles. The van der Waals surface area contributed by atoms with Crippen molar-refractivity contribution in [1.29, 1.82) is 0 Å². The van der Waals surface area contributed by atoms with Gasteiger partial charge >= 0.3 is 0 Å². The van der Waals surface area contributed by atoms with Gasteiger partial charge < -0.3 is 15.7 Å². The molecule has 1 amide bonds. The summed E-state index contributed by atoms with van der Waals surface area (Å²) < 4.78 is 0. The van der Waals surface area contributed by atoms with Crippen LogP contribution in [0.2, 0.25) is 0 Å². The van der Waals surface area contributed by atoms with Crippen molar-refractivity contribution in [2.75, 3.05) is 19.7 Å². The summed E-state index contributed by atoms with van der Waals surface area (Å²) in [5.74, 6) is 0.434. The monoisotopic (exact) mass is 268 g/mol. The molecule has 4 nitrogen and oxygen atoms in total. The number of rotatable bonds is 4. The summed E-state index contributed by atoms with van der Waals surface area (Å²) in [4.78, 5) is 15.1. The first kappa shape index (κ1) is 13.5. The van der Waals surface area contributed by atoms with E-state index < -0.39 is 6.04 Å². The predicted molar refractivity (Wildman–Crippen MR) is 72.3 cm³/mol. The fraction of sp³-hybridized carbons (Fsp3) is 0.615. The van der Waals surface area contributed by atoms with E-state index in [1.54, 1.807) is 0 Å². The smallest absolute Gasteiger partial charge is 0.244 e. The highest BCUT2D eigenvalue weighted by Gasteiger charge is 2.27. The minimum absolute atomic E-state index is 0.0140. The van der Waals surface area contributed by atoms with Gasteiger partial charge in [-0.25, -0.2) is 0 Å². The Kier molecular flexibility index (Phi) is 4.74. The number of carbonyl (C=O) groups excluding carboxylic acids is 1. The summed E-state index contributed by atoms with van der Waals surface area (Å²) in [5.41, 5.74) is 6.00. The van der Waals surface area contributed by atoms with Gasteiger partial charge in [-0.15, -0.1) is 11.3 Å². The molecule has 0 radical (unpaired) electrons. The van der Waals surface area contributed by atoms with E-state index >= 15 is 0 Å². The average Bonchev–Trinajstić information content (AvgIpc) is 2.91. The number of amides is 1. The highest BCUT2D eigenvalue weighted by Crippen LogP contribution is 2.24. The molecular weight excluding hydrogens is 248 g/mol. The molecule has 18 heavy (non-hydrogen) atoms. The van der Waals surface area contributed by atoms with Crippen LogP contribution in [0.4, 0.5) is 0 Å². The number of hydrogen-bond acceptors (Lipinski definition) is 4. The van der Waals surface area contributed by atoms with E-state index in [9.17, 15) is 4.79 Å². The van der Waals surface area contributed by atoms with Gasteiger partial charge in [-0.1, -0.05) is 6.07 Å². The van der Waals surface area contributed by atoms with Crippen molar-refractivity contribution in [1.82, 2.24) is 4.90 Å². The lowest BCUT2D eigenvalue weighted by atomic mass is 9.94. The normalized spacial score (nSPS) is 21.9. The second kappa shape index (κ2) is 6.31. The van der Waals surface area contributed by atoms with Gasteiger partial charge in [0.15, 0.2) is 0 Å². The Labute approximate surface area is 111 Å². The fourth-order valence-corrected chi connectivity index (χ4v) is 3.19. The quantitative estimate of drug-likeness (QED) is 0.866. The molecule has 3 N–H and O–H groups in total. The van der Waals surface area contributed by atoms with Crippen molar-refractivity contribution in [2.45, 2.75) is 25.3 Å². The summed E-state index contributed by atoms with van der Waals surface area (Å²) in [6.45, 7) is 1.72. The lowest BCUT2D eigenvalue weighted by Crippen LogP contribution is -2.44.